The number of hydrogen-bond acceptors (Lipinski definition) is 5. The number of hydrogen-bond donors (Lipinski definition) is 0. The Morgan fingerprint density at radius 2 is 1.70 bits per heavy atom. The topological polar surface area (TPSA) is 66.9 Å². The number of nitrogens with zero attached hydrogens (tertiary/aromatic N) is 2. The average Bonchev–Trinajstić information content (AvgIpc) is 2.79. The molecule has 1 saturated heterocycles. The Balaban J connectivity index is 1.97. The van der Waals surface area contributed by atoms with Crippen molar-refractivity contribution in [1.29, 1.82) is 0 Å². The molecular formula is C24H26N2O4. The highest BCUT2D eigenvalue weighted by molar-refractivity contribution is 6.15. The quantitative estimate of drug-likeness (QED) is 0.306. The highest BCUT2D eigenvalue weighted by Gasteiger charge is 2.56. The molecule has 1 aliphatic rings. The zero-order chi connectivity index (χ0) is 21.6. The molecule has 0 aromatic heterocycles. The van der Waals surface area contributed by atoms with Crippen LogP contribution in [0.5, 0.6) is 0 Å². The largest absolute Gasteiger partial charge is 0.460 e. The van der Waals surface area contributed by atoms with Crippen molar-refractivity contribution in [2.45, 2.75) is 25.4 Å². The van der Waals surface area contributed by atoms with Crippen LogP contribution in [0.3, 0.4) is 0 Å². The third-order valence-electron chi connectivity index (χ3n) is 5.40. The molecule has 1 unspecified atom stereocenters. The molecule has 1 atom stereocenters. The fourth-order valence-electron chi connectivity index (χ4n) is 3.81. The molecule has 0 N–H and O–H groups in total. The van der Waals surface area contributed by atoms with Gasteiger partial charge < -0.3 is 4.74 Å². The van der Waals surface area contributed by atoms with Crippen molar-refractivity contribution in [3.8, 4) is 0 Å². The molecule has 0 saturated carbocycles. The molecule has 6 heteroatoms. The van der Waals surface area contributed by atoms with Crippen LogP contribution in [-0.2, 0) is 20.9 Å². The van der Waals surface area contributed by atoms with E-state index < -0.39 is 23.3 Å². The zero-order valence-corrected chi connectivity index (χ0v) is 17.1. The van der Waals surface area contributed by atoms with Crippen LogP contribution >= 0.6 is 0 Å². The minimum atomic E-state index is -1.57. The Labute approximate surface area is 176 Å². The second kappa shape index (κ2) is 9.50. The Morgan fingerprint density at radius 3 is 2.30 bits per heavy atom. The Morgan fingerprint density at radius 1 is 1.07 bits per heavy atom. The number of piperazine rings is 1. The average molecular weight is 406 g/mol. The van der Waals surface area contributed by atoms with Gasteiger partial charge in [0.2, 0.25) is 0 Å². The van der Waals surface area contributed by atoms with E-state index in [1.54, 1.807) is 37.3 Å². The number of carbonyl (C=O) groups is 3. The van der Waals surface area contributed by atoms with Gasteiger partial charge in [0.1, 0.15) is 6.61 Å². The van der Waals surface area contributed by atoms with Gasteiger partial charge in [0.25, 0.3) is 11.8 Å². The predicted octanol–water partition coefficient (Wildman–Crippen LogP) is 3.05. The zero-order valence-electron chi connectivity index (χ0n) is 17.1. The van der Waals surface area contributed by atoms with Gasteiger partial charge in [-0.1, -0.05) is 68.1 Å². The van der Waals surface area contributed by atoms with Gasteiger partial charge in [-0.3, -0.25) is 19.4 Å². The van der Waals surface area contributed by atoms with E-state index in [0.29, 0.717) is 18.7 Å². The predicted molar refractivity (Wildman–Crippen MR) is 114 cm³/mol. The molecular weight excluding hydrogens is 380 g/mol. The number of benzene rings is 2. The van der Waals surface area contributed by atoms with Crippen LogP contribution in [0.1, 0.15) is 29.3 Å². The molecule has 2 aromatic carbocycles. The van der Waals surface area contributed by atoms with Crippen molar-refractivity contribution in [2.75, 3.05) is 19.7 Å². The number of amides is 2. The maximum Gasteiger partial charge on any atom is 0.336 e. The van der Waals surface area contributed by atoms with E-state index in [0.717, 1.165) is 5.56 Å². The van der Waals surface area contributed by atoms with Crippen LogP contribution in [0.4, 0.5) is 0 Å². The van der Waals surface area contributed by atoms with E-state index in [4.69, 9.17) is 4.74 Å². The molecule has 156 valence electrons. The van der Waals surface area contributed by atoms with Crippen molar-refractivity contribution in [3.63, 3.8) is 0 Å². The number of imide groups is 1. The summed E-state index contributed by atoms with van der Waals surface area (Å²) < 4.78 is 5.34. The van der Waals surface area contributed by atoms with Crippen molar-refractivity contribution >= 4 is 17.8 Å². The van der Waals surface area contributed by atoms with Gasteiger partial charge >= 0.3 is 5.97 Å². The second-order valence-electron chi connectivity index (χ2n) is 7.14. The Kier molecular flexibility index (Phi) is 6.79. The lowest BCUT2D eigenvalue weighted by Gasteiger charge is -2.46. The summed E-state index contributed by atoms with van der Waals surface area (Å²) in [5.41, 5.74) is -0.184. The van der Waals surface area contributed by atoms with E-state index in [1.165, 1.54) is 11.0 Å². The van der Waals surface area contributed by atoms with Crippen LogP contribution in [0.25, 0.3) is 0 Å². The van der Waals surface area contributed by atoms with Crippen molar-refractivity contribution in [1.82, 2.24) is 9.80 Å². The normalized spacial score (nSPS) is 19.4. The molecule has 1 fully saturated rings. The van der Waals surface area contributed by atoms with E-state index in [1.807, 2.05) is 35.2 Å². The molecule has 2 amide bonds. The summed E-state index contributed by atoms with van der Waals surface area (Å²) in [6.07, 6.45) is 1.65. The summed E-state index contributed by atoms with van der Waals surface area (Å²) in [5, 5.41) is 0. The number of rotatable bonds is 7. The second-order valence-corrected chi connectivity index (χ2v) is 7.14. The van der Waals surface area contributed by atoms with Gasteiger partial charge in [0.15, 0.2) is 5.54 Å². The van der Waals surface area contributed by atoms with Crippen LogP contribution in [0.2, 0.25) is 0 Å². The SMILES string of the molecule is C=CCOC(=O)C1(CC)C(=O)N(C(=O)c2ccccc2)CCN1Cc1ccccc1. The summed E-state index contributed by atoms with van der Waals surface area (Å²) in [4.78, 5) is 42.8. The molecule has 6 nitrogen and oxygen atoms in total. The first kappa shape index (κ1) is 21.5. The lowest BCUT2D eigenvalue weighted by molar-refractivity contribution is -0.172. The van der Waals surface area contributed by atoms with Gasteiger partial charge in [-0.05, 0) is 24.1 Å². The van der Waals surface area contributed by atoms with Gasteiger partial charge in [0.05, 0.1) is 0 Å². The molecule has 0 aliphatic carbocycles. The molecule has 30 heavy (non-hydrogen) atoms. The first-order valence-electron chi connectivity index (χ1n) is 10.0. The van der Waals surface area contributed by atoms with E-state index >= 15 is 0 Å². The summed E-state index contributed by atoms with van der Waals surface area (Å²) in [6.45, 7) is 6.32. The Bertz CT molecular complexity index is 913. The fraction of sp³-hybridized carbons (Fsp3) is 0.292. The molecule has 3 rings (SSSR count). The lowest BCUT2D eigenvalue weighted by atomic mass is 9.88. The van der Waals surface area contributed by atoms with Gasteiger partial charge in [0, 0.05) is 25.2 Å². The highest BCUT2D eigenvalue weighted by Crippen LogP contribution is 2.31. The number of ether oxygens (including phenoxy) is 1. The van der Waals surface area contributed by atoms with E-state index in [2.05, 4.69) is 6.58 Å². The molecule has 0 bridgehead atoms. The summed E-state index contributed by atoms with van der Waals surface area (Å²) in [6, 6.07) is 18.2. The maximum atomic E-state index is 13.6. The third kappa shape index (κ3) is 4.04. The number of carbonyl (C=O) groups excluding carboxylic acids is 3. The molecule has 1 aliphatic heterocycles. The first-order valence-corrected chi connectivity index (χ1v) is 10.0. The lowest BCUT2D eigenvalue weighted by Crippen LogP contribution is -2.70. The van der Waals surface area contributed by atoms with E-state index in [9.17, 15) is 14.4 Å². The maximum absolute atomic E-state index is 13.6. The number of esters is 1. The third-order valence-corrected chi connectivity index (χ3v) is 5.40. The van der Waals surface area contributed by atoms with Crippen LogP contribution < -0.4 is 0 Å². The monoisotopic (exact) mass is 406 g/mol. The highest BCUT2D eigenvalue weighted by atomic mass is 16.5. The standard InChI is InChI=1S/C24H26N2O4/c1-3-17-30-23(29)24(4-2)22(28)26(21(27)20-13-9-6-10-14-20)16-15-25(24)18-19-11-7-5-8-12-19/h3,5-14H,1,4,15-18H2,2H3. The minimum absolute atomic E-state index is 0.000325. The minimum Gasteiger partial charge on any atom is -0.460 e. The van der Waals surface area contributed by atoms with Gasteiger partial charge in [-0.25, -0.2) is 4.79 Å². The van der Waals surface area contributed by atoms with E-state index in [-0.39, 0.29) is 19.6 Å². The fourth-order valence-corrected chi connectivity index (χ4v) is 3.81. The Hall–Kier alpha value is -3.25. The van der Waals surface area contributed by atoms with Crippen molar-refractivity contribution in [3.05, 3.63) is 84.4 Å². The summed E-state index contributed by atoms with van der Waals surface area (Å²) >= 11 is 0. The van der Waals surface area contributed by atoms with Gasteiger partial charge in [-0.15, -0.1) is 0 Å². The van der Waals surface area contributed by atoms with Crippen molar-refractivity contribution in [2.24, 2.45) is 0 Å². The molecule has 2 aromatic rings. The smallest absolute Gasteiger partial charge is 0.336 e. The van der Waals surface area contributed by atoms with Crippen molar-refractivity contribution < 1.29 is 19.1 Å². The summed E-state index contributed by atoms with van der Waals surface area (Å²) in [7, 11) is 0. The first-order chi connectivity index (χ1) is 14.5. The summed E-state index contributed by atoms with van der Waals surface area (Å²) in [5.74, 6) is -1.61. The van der Waals surface area contributed by atoms with Crippen LogP contribution in [0, 0.1) is 0 Å². The molecule has 0 spiro atoms. The van der Waals surface area contributed by atoms with Crippen LogP contribution in [-0.4, -0.2) is 52.8 Å². The molecule has 1 heterocycles. The molecule has 0 radical (unpaired) electrons. The van der Waals surface area contributed by atoms with Gasteiger partial charge in [-0.2, -0.15) is 0 Å². The van der Waals surface area contributed by atoms with Crippen LogP contribution in [0.15, 0.2) is 73.3 Å².